The van der Waals surface area contributed by atoms with Crippen molar-refractivity contribution in [3.05, 3.63) is 42.0 Å². The van der Waals surface area contributed by atoms with Crippen molar-refractivity contribution in [3.8, 4) is 0 Å². The highest BCUT2D eigenvalue weighted by atomic mass is 17.0. The predicted octanol–water partition coefficient (Wildman–Crippen LogP) is 2.87. The summed E-state index contributed by atoms with van der Waals surface area (Å²) in [5.74, 6) is -0.881. The number of rotatable bonds is 13. The standard InChI is InChI=1S/C41H61N3O20/c1-19-36(47)27(45)14-32(56-19)60-37-21(3)58-34(16-29(37)63-43(51)52)61-38-20(2)57-33(15-28(38)62-42(49)50)59-24-8-10-39(4)23(13-24)6-7-26-25(39)9-11-40(5)35(22-12-31(46)55-18-22)30(64-44(53)54)17-41(26,40)48/h12,19-21,23-30,32-38,45,47-48H,6-11,13-18H2,1-5H3/t19-,20-,21-,23-,24+,25+,26-,27+,28+,29+,30+,32+,33+,34+,35+,36-,37-,38-,39+,40-,41+/m1/s1. The Bertz CT molecular complexity index is 1800. The van der Waals surface area contributed by atoms with E-state index in [1.165, 1.54) is 6.08 Å². The molecule has 64 heavy (non-hydrogen) atoms. The second-order valence-corrected chi connectivity index (χ2v) is 19.8. The van der Waals surface area contributed by atoms with Gasteiger partial charge in [0.2, 0.25) is 0 Å². The van der Waals surface area contributed by atoms with E-state index in [1.807, 2.05) is 6.92 Å². The largest absolute Gasteiger partial charge is 0.458 e. The van der Waals surface area contributed by atoms with Gasteiger partial charge in [-0.15, -0.1) is 30.3 Å². The van der Waals surface area contributed by atoms with Crippen molar-refractivity contribution in [1.82, 2.24) is 0 Å². The van der Waals surface area contributed by atoms with Crippen LogP contribution in [-0.2, 0) is 52.5 Å². The van der Waals surface area contributed by atoms with E-state index in [-0.39, 0.29) is 61.6 Å². The van der Waals surface area contributed by atoms with Crippen molar-refractivity contribution in [1.29, 1.82) is 0 Å². The number of cyclic esters (lactones) is 1. The second kappa shape index (κ2) is 17.9. The van der Waals surface area contributed by atoms with Crippen LogP contribution >= 0.6 is 0 Å². The van der Waals surface area contributed by atoms with Crippen LogP contribution in [0.25, 0.3) is 0 Å². The first-order valence-electron chi connectivity index (χ1n) is 22.5. The predicted molar refractivity (Wildman–Crippen MR) is 210 cm³/mol. The first-order valence-corrected chi connectivity index (χ1v) is 22.5. The minimum Gasteiger partial charge on any atom is -0.458 e. The fourth-order valence-corrected chi connectivity index (χ4v) is 13.4. The highest BCUT2D eigenvalue weighted by molar-refractivity contribution is 5.85. The fraction of sp³-hybridized carbons (Fsp3) is 0.927. The van der Waals surface area contributed by atoms with E-state index in [4.69, 9.17) is 47.7 Å². The molecule has 3 saturated heterocycles. The number of fused-ring (bicyclic) bond motifs is 5. The average Bonchev–Trinajstić information content (AvgIpc) is 3.72. The van der Waals surface area contributed by atoms with Crippen molar-refractivity contribution in [2.45, 2.75) is 197 Å². The lowest BCUT2D eigenvalue weighted by Gasteiger charge is -2.63. The van der Waals surface area contributed by atoms with E-state index in [2.05, 4.69) is 6.92 Å². The number of ether oxygens (including phenoxy) is 7. The van der Waals surface area contributed by atoms with Gasteiger partial charge < -0.3 is 63.0 Å². The van der Waals surface area contributed by atoms with Crippen LogP contribution in [0.2, 0.25) is 0 Å². The molecule has 21 atom stereocenters. The summed E-state index contributed by atoms with van der Waals surface area (Å²) >= 11 is 0. The molecule has 3 N–H and O–H groups in total. The minimum atomic E-state index is -1.28. The molecule has 23 nitrogen and oxygen atoms in total. The molecule has 0 spiro atoms. The summed E-state index contributed by atoms with van der Waals surface area (Å²) in [5, 5.41) is 65.5. The molecule has 0 aromatic rings. The highest BCUT2D eigenvalue weighted by Gasteiger charge is 2.71. The van der Waals surface area contributed by atoms with Gasteiger partial charge in [0.05, 0.1) is 36.1 Å². The molecule has 8 rings (SSSR count). The Morgan fingerprint density at radius 3 is 1.83 bits per heavy atom. The van der Waals surface area contributed by atoms with Crippen LogP contribution in [0.3, 0.4) is 0 Å². The third kappa shape index (κ3) is 8.75. The van der Waals surface area contributed by atoms with Crippen LogP contribution in [0.15, 0.2) is 11.6 Å². The van der Waals surface area contributed by atoms with Gasteiger partial charge in [0, 0.05) is 43.1 Å². The van der Waals surface area contributed by atoms with Gasteiger partial charge in [0.15, 0.2) is 18.9 Å². The maximum Gasteiger partial charge on any atom is 0.331 e. The summed E-state index contributed by atoms with van der Waals surface area (Å²) in [7, 11) is 0. The van der Waals surface area contributed by atoms with Crippen LogP contribution in [-0.4, -0.2) is 135 Å². The Balaban J connectivity index is 0.899. The lowest BCUT2D eigenvalue weighted by molar-refractivity contribution is -0.774. The topological polar surface area (TPSA) is 299 Å². The van der Waals surface area contributed by atoms with Gasteiger partial charge in [-0.25, -0.2) is 4.79 Å². The van der Waals surface area contributed by atoms with Crippen LogP contribution < -0.4 is 0 Å². The molecule has 4 heterocycles. The summed E-state index contributed by atoms with van der Waals surface area (Å²) in [6.07, 6.45) is -7.48. The number of aliphatic hydroxyl groups is 3. The molecule has 0 aromatic carbocycles. The Labute approximate surface area is 368 Å². The molecule has 360 valence electrons. The second-order valence-electron chi connectivity index (χ2n) is 19.8. The van der Waals surface area contributed by atoms with E-state index in [9.17, 15) is 50.5 Å². The molecule has 23 heteroatoms. The lowest BCUT2D eigenvalue weighted by Crippen LogP contribution is -2.62. The molecular formula is C41H61N3O20. The van der Waals surface area contributed by atoms with Crippen molar-refractivity contribution < 1.29 is 83.0 Å². The van der Waals surface area contributed by atoms with Gasteiger partial charge in [-0.05, 0) is 94.5 Å². The van der Waals surface area contributed by atoms with Gasteiger partial charge in [0.1, 0.15) is 43.2 Å². The van der Waals surface area contributed by atoms with Gasteiger partial charge >= 0.3 is 5.97 Å². The van der Waals surface area contributed by atoms with Gasteiger partial charge in [-0.1, -0.05) is 13.8 Å². The van der Waals surface area contributed by atoms with E-state index >= 15 is 0 Å². The van der Waals surface area contributed by atoms with E-state index in [0.717, 1.165) is 19.3 Å². The summed E-state index contributed by atoms with van der Waals surface area (Å²) in [6, 6.07) is 0. The SMILES string of the molecule is C[C@H]1O[C@@H](O[C@H]2[C@@H](O[N+](=O)[O-])C[C@H](O[C@H]3[C@@H](O[N+](=O)[O-])C[C@H](O[C@H]4CC[C@@]5(C)[C@H](CC[C@@H]6[C@@H]5CC[C@]5(C)[C@@H](C7=CC(=O)OC7)[C@@H](O[N+](=O)[O-])C[C@]65O)C4)O[C@@H]3C)O[C@@H]2C)C[C@H](O)[C@@H]1O. The molecule has 0 bridgehead atoms. The zero-order valence-electron chi connectivity index (χ0n) is 36.6. The Morgan fingerprint density at radius 2 is 1.27 bits per heavy atom. The fourth-order valence-electron chi connectivity index (χ4n) is 13.4. The van der Waals surface area contributed by atoms with Crippen molar-refractivity contribution in [2.24, 2.45) is 34.5 Å². The Hall–Kier alpha value is -3.55. The zero-order chi connectivity index (χ0) is 46.0. The number of aliphatic hydroxyl groups excluding tert-OH is 2. The van der Waals surface area contributed by atoms with Gasteiger partial charge in [-0.3, -0.25) is 0 Å². The number of carbonyl (C=O) groups is 1. The number of carbonyl (C=O) groups excluding carboxylic acids is 1. The quantitative estimate of drug-likeness (QED) is 0.104. The third-order valence-electron chi connectivity index (χ3n) is 16.4. The molecule has 0 unspecified atom stereocenters. The maximum atomic E-state index is 12.8. The Kier molecular flexibility index (Phi) is 13.2. The van der Waals surface area contributed by atoms with Gasteiger partial charge in [-0.2, -0.15) is 0 Å². The van der Waals surface area contributed by atoms with Crippen LogP contribution in [0.5, 0.6) is 0 Å². The summed E-state index contributed by atoms with van der Waals surface area (Å²) in [4.78, 5) is 62.6. The minimum absolute atomic E-state index is 0.0162. The van der Waals surface area contributed by atoms with Crippen LogP contribution in [0.1, 0.15) is 105 Å². The first kappa shape index (κ1) is 47.0. The van der Waals surface area contributed by atoms with E-state index in [0.29, 0.717) is 31.3 Å². The van der Waals surface area contributed by atoms with Crippen molar-refractivity contribution in [2.75, 3.05) is 6.61 Å². The Morgan fingerprint density at radius 1 is 0.703 bits per heavy atom. The van der Waals surface area contributed by atoms with Gasteiger partial charge in [0.25, 0.3) is 15.3 Å². The van der Waals surface area contributed by atoms with E-state index in [1.54, 1.807) is 20.8 Å². The molecule has 8 aliphatic rings. The highest BCUT2D eigenvalue weighted by Crippen LogP contribution is 2.70. The monoisotopic (exact) mass is 915 g/mol. The summed E-state index contributed by atoms with van der Waals surface area (Å²) in [6.45, 7) is 9.06. The molecule has 4 aliphatic carbocycles. The average molecular weight is 916 g/mol. The maximum absolute atomic E-state index is 12.8. The summed E-state index contributed by atoms with van der Waals surface area (Å²) < 4.78 is 42.0. The molecule has 0 radical (unpaired) electrons. The molecule has 0 amide bonds. The molecular weight excluding hydrogens is 854 g/mol. The lowest BCUT2D eigenvalue weighted by atomic mass is 9.43. The third-order valence-corrected chi connectivity index (χ3v) is 16.4. The molecule has 4 saturated carbocycles. The zero-order valence-corrected chi connectivity index (χ0v) is 36.6. The molecule has 7 fully saturated rings. The van der Waals surface area contributed by atoms with Crippen molar-refractivity contribution in [3.63, 3.8) is 0 Å². The molecule has 0 aromatic heterocycles. The van der Waals surface area contributed by atoms with Crippen LogP contribution in [0.4, 0.5) is 0 Å². The molecule has 4 aliphatic heterocycles. The number of hydrogen-bond acceptors (Lipinski definition) is 20. The van der Waals surface area contributed by atoms with Crippen LogP contribution in [0, 0.1) is 64.8 Å². The van der Waals surface area contributed by atoms with E-state index < -0.39 is 118 Å². The normalized spacial score (nSPS) is 49.0. The van der Waals surface area contributed by atoms with Crippen molar-refractivity contribution >= 4 is 5.97 Å². The number of hydrogen-bond donors (Lipinski definition) is 3. The number of esters is 1. The first-order chi connectivity index (χ1) is 30.2. The smallest absolute Gasteiger partial charge is 0.331 e. The summed E-state index contributed by atoms with van der Waals surface area (Å²) in [5.41, 5.74) is -1.61. The number of nitrogens with zero attached hydrogens (tertiary/aromatic N) is 3.